The lowest BCUT2D eigenvalue weighted by Crippen LogP contribution is -2.42. The van der Waals surface area contributed by atoms with Gasteiger partial charge in [0.25, 0.3) is 5.66 Å². The van der Waals surface area contributed by atoms with E-state index in [4.69, 9.17) is 5.11 Å². The van der Waals surface area contributed by atoms with Crippen molar-refractivity contribution in [3.05, 3.63) is 0 Å². The molecule has 0 aliphatic rings. The van der Waals surface area contributed by atoms with Gasteiger partial charge < -0.3 is 5.11 Å². The maximum Gasteiger partial charge on any atom is 0.356 e. The van der Waals surface area contributed by atoms with Crippen LogP contribution in [0.2, 0.25) is 0 Å². The van der Waals surface area contributed by atoms with E-state index >= 15 is 0 Å². The van der Waals surface area contributed by atoms with Gasteiger partial charge in [-0.05, 0) is 19.3 Å². The summed E-state index contributed by atoms with van der Waals surface area (Å²) in [5, 5.41) is 9.16. The smallest absolute Gasteiger partial charge is 0.356 e. The molecule has 0 aromatic carbocycles. The normalized spacial score (nSPS) is 13.9. The molecule has 0 aromatic heterocycles. The van der Waals surface area contributed by atoms with Gasteiger partial charge in [0.05, 0.1) is 6.54 Å². The fraction of sp³-hybridized carbons (Fsp3) is 0.636. The first-order valence-electron chi connectivity index (χ1n) is 5.54. The summed E-state index contributed by atoms with van der Waals surface area (Å²) in [5.41, 5.74) is -2.21. The van der Waals surface area contributed by atoms with Crippen LogP contribution in [-0.4, -0.2) is 41.5 Å². The third-order valence-corrected chi connectivity index (χ3v) is 2.70. The number of hydrogen-bond donors (Lipinski definition) is 1. The Labute approximate surface area is 109 Å². The number of aliphatic imine (C=N–C) groups is 3. The van der Waals surface area contributed by atoms with Gasteiger partial charge in [0.2, 0.25) is 18.2 Å². The second kappa shape index (κ2) is 8.66. The Morgan fingerprint density at radius 1 is 1.21 bits per heavy atom. The second-order valence-electron chi connectivity index (χ2n) is 3.66. The Hall–Kier alpha value is -2.39. The van der Waals surface area contributed by atoms with Crippen molar-refractivity contribution in [1.29, 1.82) is 0 Å². The minimum Gasteiger partial charge on any atom is -0.478 e. The average molecular weight is 267 g/mol. The molecule has 0 aromatic rings. The number of rotatable bonds is 9. The first-order valence-corrected chi connectivity index (χ1v) is 5.54. The highest BCUT2D eigenvalue weighted by Gasteiger charge is 2.45. The maximum atomic E-state index is 11.3. The van der Waals surface area contributed by atoms with Gasteiger partial charge in [-0.25, -0.2) is 24.2 Å². The van der Waals surface area contributed by atoms with Gasteiger partial charge in [0, 0.05) is 5.92 Å². The molecule has 0 saturated heterocycles. The Kier molecular flexibility index (Phi) is 7.57. The number of isocyanates is 3. The zero-order valence-corrected chi connectivity index (χ0v) is 10.3. The summed E-state index contributed by atoms with van der Waals surface area (Å²) < 4.78 is 0. The van der Waals surface area contributed by atoms with E-state index in [1.807, 2.05) is 0 Å². The van der Waals surface area contributed by atoms with Gasteiger partial charge in [-0.1, -0.05) is 6.92 Å². The summed E-state index contributed by atoms with van der Waals surface area (Å²) >= 11 is 0. The van der Waals surface area contributed by atoms with Crippen molar-refractivity contribution >= 4 is 24.2 Å². The molecule has 0 spiro atoms. The van der Waals surface area contributed by atoms with Crippen LogP contribution in [0.1, 0.15) is 26.2 Å². The van der Waals surface area contributed by atoms with Crippen LogP contribution in [0, 0.1) is 5.92 Å². The van der Waals surface area contributed by atoms with E-state index in [-0.39, 0.29) is 13.0 Å². The molecule has 102 valence electrons. The Bertz CT molecular complexity index is 433. The molecule has 0 aliphatic carbocycles. The van der Waals surface area contributed by atoms with Crippen LogP contribution < -0.4 is 0 Å². The molecule has 8 heteroatoms. The summed E-state index contributed by atoms with van der Waals surface area (Å²) in [5.74, 6) is -2.22. The van der Waals surface area contributed by atoms with E-state index in [2.05, 4.69) is 15.0 Å². The van der Waals surface area contributed by atoms with E-state index in [0.29, 0.717) is 12.8 Å². The van der Waals surface area contributed by atoms with Crippen molar-refractivity contribution in [2.24, 2.45) is 20.9 Å². The fourth-order valence-electron chi connectivity index (χ4n) is 1.77. The number of carbonyl (C=O) groups is 1. The quantitative estimate of drug-likeness (QED) is 0.371. The monoisotopic (exact) mass is 267 g/mol. The van der Waals surface area contributed by atoms with E-state index in [9.17, 15) is 19.2 Å². The van der Waals surface area contributed by atoms with E-state index in [1.165, 1.54) is 6.08 Å². The van der Waals surface area contributed by atoms with Crippen molar-refractivity contribution in [1.82, 2.24) is 0 Å². The second-order valence-corrected chi connectivity index (χ2v) is 3.66. The highest BCUT2D eigenvalue weighted by atomic mass is 16.4. The first-order chi connectivity index (χ1) is 9.08. The molecule has 0 fully saturated rings. The molecule has 8 nitrogen and oxygen atoms in total. The minimum absolute atomic E-state index is 0.172. The number of hydrogen-bond acceptors (Lipinski definition) is 7. The van der Waals surface area contributed by atoms with Gasteiger partial charge in [-0.3, -0.25) is 0 Å². The lowest BCUT2D eigenvalue weighted by molar-refractivity contribution is -0.145. The topological polar surface area (TPSA) is 126 Å². The predicted molar refractivity (Wildman–Crippen MR) is 62.6 cm³/mol. The molecular weight excluding hydrogens is 254 g/mol. The summed E-state index contributed by atoms with van der Waals surface area (Å²) in [4.78, 5) is 51.6. The van der Waals surface area contributed by atoms with Crippen LogP contribution in [0.25, 0.3) is 0 Å². The molecule has 1 unspecified atom stereocenters. The molecule has 0 aliphatic heterocycles. The van der Waals surface area contributed by atoms with Gasteiger partial charge in [0.1, 0.15) is 0 Å². The average Bonchev–Trinajstić information content (AvgIpc) is 2.38. The standard InChI is InChI=1S/C11H13N3O5/c1-2-9(4-3-5-12-6-15)11(10(18)19,13-7-16)14-8-17/h9H,2-5H2,1H3,(H,18,19). The van der Waals surface area contributed by atoms with Crippen LogP contribution in [0.15, 0.2) is 15.0 Å². The highest BCUT2D eigenvalue weighted by Crippen LogP contribution is 2.30. The number of aliphatic carboxylic acids is 1. The number of carbonyl (C=O) groups excluding carboxylic acids is 3. The molecule has 0 saturated carbocycles. The summed E-state index contributed by atoms with van der Waals surface area (Å²) in [6.45, 7) is 1.84. The van der Waals surface area contributed by atoms with Crippen LogP contribution >= 0.6 is 0 Å². The van der Waals surface area contributed by atoms with Crippen molar-refractivity contribution < 1.29 is 24.3 Å². The number of carboxylic acid groups (broad SMARTS) is 1. The van der Waals surface area contributed by atoms with Crippen molar-refractivity contribution in [2.75, 3.05) is 6.54 Å². The third kappa shape index (κ3) is 4.41. The van der Waals surface area contributed by atoms with E-state index < -0.39 is 17.6 Å². The van der Waals surface area contributed by atoms with Crippen LogP contribution in [0.4, 0.5) is 0 Å². The molecular formula is C11H13N3O5. The van der Waals surface area contributed by atoms with Crippen molar-refractivity contribution in [3.8, 4) is 0 Å². The van der Waals surface area contributed by atoms with Gasteiger partial charge >= 0.3 is 5.97 Å². The van der Waals surface area contributed by atoms with Crippen molar-refractivity contribution in [2.45, 2.75) is 31.8 Å². The Morgan fingerprint density at radius 2 is 1.79 bits per heavy atom. The van der Waals surface area contributed by atoms with Crippen LogP contribution in [-0.2, 0) is 19.2 Å². The van der Waals surface area contributed by atoms with Crippen molar-refractivity contribution in [3.63, 3.8) is 0 Å². The molecule has 19 heavy (non-hydrogen) atoms. The summed E-state index contributed by atoms with van der Waals surface area (Å²) in [7, 11) is 0. The highest BCUT2D eigenvalue weighted by molar-refractivity contribution is 5.81. The summed E-state index contributed by atoms with van der Waals surface area (Å²) in [6.07, 6.45) is 4.57. The van der Waals surface area contributed by atoms with Gasteiger partial charge in [0.15, 0.2) is 0 Å². The van der Waals surface area contributed by atoms with Gasteiger partial charge in [-0.15, -0.1) is 0 Å². The van der Waals surface area contributed by atoms with Crippen LogP contribution in [0.3, 0.4) is 0 Å². The lowest BCUT2D eigenvalue weighted by Gasteiger charge is -2.26. The van der Waals surface area contributed by atoms with Gasteiger partial charge in [-0.2, -0.15) is 9.98 Å². The molecule has 0 heterocycles. The van der Waals surface area contributed by atoms with Crippen LogP contribution in [0.5, 0.6) is 0 Å². The molecule has 0 bridgehead atoms. The zero-order valence-electron chi connectivity index (χ0n) is 10.3. The number of nitrogens with zero attached hydrogens (tertiary/aromatic N) is 3. The molecule has 0 rings (SSSR count). The SMILES string of the molecule is CCC(CCCN=C=O)C(N=C=O)(N=C=O)C(=O)O. The lowest BCUT2D eigenvalue weighted by atomic mass is 9.86. The molecule has 0 radical (unpaired) electrons. The maximum absolute atomic E-state index is 11.3. The van der Waals surface area contributed by atoms with E-state index in [1.54, 1.807) is 6.92 Å². The Balaban J connectivity index is 5.28. The zero-order chi connectivity index (χ0) is 14.7. The Morgan fingerprint density at radius 3 is 2.16 bits per heavy atom. The molecule has 1 N–H and O–H groups in total. The predicted octanol–water partition coefficient (Wildman–Crippen LogP) is 0.581. The molecule has 1 atom stereocenters. The van der Waals surface area contributed by atoms with E-state index in [0.717, 1.165) is 12.2 Å². The number of carboxylic acids is 1. The first kappa shape index (κ1) is 16.6. The minimum atomic E-state index is -2.21. The molecule has 0 amide bonds. The summed E-state index contributed by atoms with van der Waals surface area (Å²) in [6, 6.07) is 0. The fourth-order valence-corrected chi connectivity index (χ4v) is 1.77. The largest absolute Gasteiger partial charge is 0.478 e. The third-order valence-electron chi connectivity index (χ3n) is 2.70.